The third-order valence-corrected chi connectivity index (χ3v) is 2.02. The number of nitrogens with zero attached hydrogens (tertiary/aromatic N) is 4. The monoisotopic (exact) mass is 204 g/mol. The molecule has 15 heavy (non-hydrogen) atoms. The Morgan fingerprint density at radius 3 is 2.73 bits per heavy atom. The van der Waals surface area contributed by atoms with Crippen LogP contribution in [0.4, 0.5) is 0 Å². The van der Waals surface area contributed by atoms with Crippen LogP contribution >= 0.6 is 0 Å². The van der Waals surface area contributed by atoms with Gasteiger partial charge in [-0.05, 0) is 16.5 Å². The van der Waals surface area contributed by atoms with Crippen molar-refractivity contribution in [1.82, 2.24) is 20.2 Å². The molecule has 0 aliphatic rings. The highest BCUT2D eigenvalue weighted by atomic mass is 16.4. The molecule has 6 nitrogen and oxygen atoms in total. The van der Waals surface area contributed by atoms with Crippen molar-refractivity contribution in [3.8, 4) is 11.4 Å². The molecule has 0 spiro atoms. The zero-order valence-electron chi connectivity index (χ0n) is 7.95. The van der Waals surface area contributed by atoms with Crippen molar-refractivity contribution in [1.29, 1.82) is 0 Å². The van der Waals surface area contributed by atoms with E-state index in [1.807, 2.05) is 0 Å². The zero-order valence-corrected chi connectivity index (χ0v) is 7.95. The number of aromatic carboxylic acids is 1. The maximum absolute atomic E-state index is 11.0. The van der Waals surface area contributed by atoms with Gasteiger partial charge in [-0.2, -0.15) is 0 Å². The molecule has 2 aromatic rings. The highest BCUT2D eigenvalue weighted by molar-refractivity contribution is 5.94. The molecular weight excluding hydrogens is 196 g/mol. The molecule has 6 heteroatoms. The number of hydrogen-bond acceptors (Lipinski definition) is 4. The molecule has 1 heterocycles. The van der Waals surface area contributed by atoms with E-state index in [0.29, 0.717) is 11.4 Å². The topological polar surface area (TPSA) is 80.9 Å². The Morgan fingerprint density at radius 2 is 2.13 bits per heavy atom. The molecule has 0 aliphatic carbocycles. The number of rotatable bonds is 2. The van der Waals surface area contributed by atoms with Gasteiger partial charge in [-0.15, -0.1) is 5.10 Å². The van der Waals surface area contributed by atoms with Gasteiger partial charge in [-0.3, -0.25) is 0 Å². The van der Waals surface area contributed by atoms with Gasteiger partial charge in [0.2, 0.25) is 0 Å². The van der Waals surface area contributed by atoms with Crippen LogP contribution in [0, 0.1) is 0 Å². The molecule has 0 saturated carbocycles. The average molecular weight is 204 g/mol. The van der Waals surface area contributed by atoms with Crippen molar-refractivity contribution >= 4 is 5.97 Å². The molecule has 0 saturated heterocycles. The summed E-state index contributed by atoms with van der Waals surface area (Å²) in [6, 6.07) is 6.61. The summed E-state index contributed by atoms with van der Waals surface area (Å²) in [5, 5.41) is 19.9. The molecule has 1 aromatic heterocycles. The van der Waals surface area contributed by atoms with Crippen molar-refractivity contribution < 1.29 is 9.90 Å². The van der Waals surface area contributed by atoms with Gasteiger partial charge in [0.05, 0.1) is 5.56 Å². The van der Waals surface area contributed by atoms with E-state index in [2.05, 4.69) is 15.5 Å². The van der Waals surface area contributed by atoms with Crippen LogP contribution in [0.1, 0.15) is 10.4 Å². The Bertz CT molecular complexity index is 506. The van der Waals surface area contributed by atoms with Crippen LogP contribution in [-0.2, 0) is 7.05 Å². The first kappa shape index (κ1) is 9.32. The third kappa shape index (κ3) is 1.56. The van der Waals surface area contributed by atoms with E-state index in [4.69, 9.17) is 5.11 Å². The van der Waals surface area contributed by atoms with Crippen LogP contribution in [0.3, 0.4) is 0 Å². The fourth-order valence-corrected chi connectivity index (χ4v) is 1.32. The Labute approximate surface area is 85.2 Å². The molecule has 0 unspecified atom stereocenters. The van der Waals surface area contributed by atoms with Crippen LogP contribution in [-0.4, -0.2) is 31.3 Å². The molecule has 0 radical (unpaired) electrons. The smallest absolute Gasteiger partial charge is 0.336 e. The van der Waals surface area contributed by atoms with Gasteiger partial charge >= 0.3 is 5.97 Å². The number of hydrogen-bond donors (Lipinski definition) is 1. The molecule has 0 aliphatic heterocycles. The van der Waals surface area contributed by atoms with E-state index in [0.717, 1.165) is 0 Å². The molecule has 0 fully saturated rings. The molecule has 76 valence electrons. The minimum atomic E-state index is -0.992. The van der Waals surface area contributed by atoms with Gasteiger partial charge in [-0.25, -0.2) is 9.48 Å². The molecular formula is C9H8N4O2. The quantitative estimate of drug-likeness (QED) is 0.773. The van der Waals surface area contributed by atoms with Crippen molar-refractivity contribution in [3.05, 3.63) is 29.8 Å². The van der Waals surface area contributed by atoms with E-state index in [-0.39, 0.29) is 5.56 Å². The summed E-state index contributed by atoms with van der Waals surface area (Å²) < 4.78 is 1.43. The third-order valence-electron chi connectivity index (χ3n) is 2.02. The van der Waals surface area contributed by atoms with Crippen LogP contribution < -0.4 is 0 Å². The SMILES string of the molecule is Cn1nnnc1-c1ccccc1C(=O)O. The van der Waals surface area contributed by atoms with Crippen molar-refractivity contribution in [2.75, 3.05) is 0 Å². The number of tetrazole rings is 1. The molecule has 2 rings (SSSR count). The molecule has 1 N–H and O–H groups in total. The van der Waals surface area contributed by atoms with E-state index >= 15 is 0 Å². The fourth-order valence-electron chi connectivity index (χ4n) is 1.32. The first-order valence-corrected chi connectivity index (χ1v) is 4.25. The van der Waals surface area contributed by atoms with Gasteiger partial charge in [0.15, 0.2) is 5.82 Å². The lowest BCUT2D eigenvalue weighted by atomic mass is 10.1. The predicted molar refractivity (Wildman–Crippen MR) is 51.2 cm³/mol. The molecule has 0 atom stereocenters. The number of aromatic nitrogens is 4. The van der Waals surface area contributed by atoms with Crippen molar-refractivity contribution in [2.45, 2.75) is 0 Å². The van der Waals surface area contributed by atoms with Gasteiger partial charge in [0, 0.05) is 12.6 Å². The van der Waals surface area contributed by atoms with Crippen molar-refractivity contribution in [3.63, 3.8) is 0 Å². The van der Waals surface area contributed by atoms with Crippen LogP contribution in [0.25, 0.3) is 11.4 Å². The number of carboxylic acid groups (broad SMARTS) is 1. The summed E-state index contributed by atoms with van der Waals surface area (Å²) in [6.07, 6.45) is 0. The van der Waals surface area contributed by atoms with Gasteiger partial charge < -0.3 is 5.11 Å². The maximum atomic E-state index is 11.0. The first-order chi connectivity index (χ1) is 7.20. The van der Waals surface area contributed by atoms with E-state index in [1.54, 1.807) is 25.2 Å². The number of carbonyl (C=O) groups is 1. The van der Waals surface area contributed by atoms with Crippen LogP contribution in [0.5, 0.6) is 0 Å². The Morgan fingerprint density at radius 1 is 1.40 bits per heavy atom. The second kappa shape index (κ2) is 3.49. The normalized spacial score (nSPS) is 10.2. The highest BCUT2D eigenvalue weighted by Gasteiger charge is 2.14. The minimum Gasteiger partial charge on any atom is -0.478 e. The fraction of sp³-hybridized carbons (Fsp3) is 0.111. The second-order valence-electron chi connectivity index (χ2n) is 2.98. The summed E-state index contributed by atoms with van der Waals surface area (Å²) in [5.74, 6) is -0.554. The number of aryl methyl sites for hydroxylation is 1. The van der Waals surface area contributed by atoms with Crippen molar-refractivity contribution in [2.24, 2.45) is 7.05 Å². The largest absolute Gasteiger partial charge is 0.478 e. The predicted octanol–water partition coefficient (Wildman–Crippen LogP) is 0.575. The lowest BCUT2D eigenvalue weighted by molar-refractivity contribution is 0.0697. The summed E-state index contributed by atoms with van der Waals surface area (Å²) in [5.41, 5.74) is 0.702. The second-order valence-corrected chi connectivity index (χ2v) is 2.98. The van der Waals surface area contributed by atoms with Gasteiger partial charge in [-0.1, -0.05) is 18.2 Å². The average Bonchev–Trinajstić information content (AvgIpc) is 2.64. The van der Waals surface area contributed by atoms with E-state index < -0.39 is 5.97 Å². The standard InChI is InChI=1S/C9H8N4O2/c1-13-8(10-11-12-13)6-4-2-3-5-7(6)9(14)15/h2-5H,1H3,(H,14,15). The molecule has 0 amide bonds. The highest BCUT2D eigenvalue weighted by Crippen LogP contribution is 2.19. The first-order valence-electron chi connectivity index (χ1n) is 4.25. The maximum Gasteiger partial charge on any atom is 0.336 e. The van der Waals surface area contributed by atoms with Gasteiger partial charge in [0.25, 0.3) is 0 Å². The summed E-state index contributed by atoms with van der Waals surface area (Å²) >= 11 is 0. The van der Waals surface area contributed by atoms with Crippen LogP contribution in [0.2, 0.25) is 0 Å². The Hall–Kier alpha value is -2.24. The lowest BCUT2D eigenvalue weighted by Crippen LogP contribution is -2.02. The van der Waals surface area contributed by atoms with Gasteiger partial charge in [0.1, 0.15) is 0 Å². The summed E-state index contributed by atoms with van der Waals surface area (Å²) in [4.78, 5) is 11.0. The zero-order chi connectivity index (χ0) is 10.8. The summed E-state index contributed by atoms with van der Waals surface area (Å²) in [6.45, 7) is 0. The Balaban J connectivity index is 2.63. The van der Waals surface area contributed by atoms with E-state index in [9.17, 15) is 4.79 Å². The molecule has 0 bridgehead atoms. The van der Waals surface area contributed by atoms with Crippen LogP contribution in [0.15, 0.2) is 24.3 Å². The number of benzene rings is 1. The molecule has 1 aromatic carbocycles. The Kier molecular flexibility index (Phi) is 2.17. The summed E-state index contributed by atoms with van der Waals surface area (Å²) in [7, 11) is 1.66. The number of carboxylic acids is 1. The van der Waals surface area contributed by atoms with E-state index in [1.165, 1.54) is 10.7 Å². The lowest BCUT2D eigenvalue weighted by Gasteiger charge is -2.02. The minimum absolute atomic E-state index is 0.190.